The Morgan fingerprint density at radius 1 is 1.37 bits per heavy atom. The van der Waals surface area contributed by atoms with Crippen LogP contribution in [0.3, 0.4) is 0 Å². The first-order valence-corrected chi connectivity index (χ1v) is 5.94. The van der Waals surface area contributed by atoms with Gasteiger partial charge in [-0.1, -0.05) is 11.2 Å². The van der Waals surface area contributed by atoms with Crippen molar-refractivity contribution in [2.45, 2.75) is 13.8 Å². The monoisotopic (exact) mass is 261 g/mol. The molecule has 0 saturated carbocycles. The van der Waals surface area contributed by atoms with Crippen LogP contribution in [0, 0.1) is 0 Å². The van der Waals surface area contributed by atoms with E-state index in [1.165, 1.54) is 0 Å². The van der Waals surface area contributed by atoms with Crippen molar-refractivity contribution in [3.63, 3.8) is 0 Å². The fraction of sp³-hybridized carbons (Fsp3) is 0.286. The van der Waals surface area contributed by atoms with E-state index in [0.717, 1.165) is 5.56 Å². The number of carbonyl (C=O) groups is 1. The number of nitrogens with zero attached hydrogens (tertiary/aromatic N) is 1. The molecule has 100 valence electrons. The molecule has 19 heavy (non-hydrogen) atoms. The summed E-state index contributed by atoms with van der Waals surface area (Å²) < 4.78 is 10.7. The maximum Gasteiger partial charge on any atom is 0.367 e. The van der Waals surface area contributed by atoms with Gasteiger partial charge in [-0.3, -0.25) is 0 Å². The van der Waals surface area contributed by atoms with Gasteiger partial charge < -0.3 is 14.3 Å². The predicted octanol–water partition coefficient (Wildman–Crippen LogP) is 2.41. The van der Waals surface area contributed by atoms with Crippen molar-refractivity contribution in [1.29, 1.82) is 0 Å². The van der Waals surface area contributed by atoms with Gasteiger partial charge in [-0.15, -0.1) is 0 Å². The highest BCUT2D eigenvalue weighted by atomic mass is 16.7. The molecule has 0 saturated heterocycles. The van der Waals surface area contributed by atoms with Gasteiger partial charge in [0.05, 0.1) is 25.0 Å². The number of methoxy groups -OCH3 is 1. The van der Waals surface area contributed by atoms with Crippen LogP contribution in [0.15, 0.2) is 28.9 Å². The molecule has 1 aromatic rings. The molecule has 0 radical (unpaired) electrons. The van der Waals surface area contributed by atoms with E-state index in [-0.39, 0.29) is 0 Å². The number of hydrogen-bond acceptors (Lipinski definition) is 5. The molecule has 0 N–H and O–H groups in total. The first-order valence-electron chi connectivity index (χ1n) is 5.94. The minimum Gasteiger partial charge on any atom is -0.493 e. The Kier molecular flexibility index (Phi) is 3.85. The summed E-state index contributed by atoms with van der Waals surface area (Å²) in [7, 11) is 1.58. The normalized spacial score (nSPS) is 16.3. The van der Waals surface area contributed by atoms with Gasteiger partial charge in [0.2, 0.25) is 0 Å². The Balaban J connectivity index is 2.36. The van der Waals surface area contributed by atoms with E-state index in [1.54, 1.807) is 26.2 Å². The Hall–Kier alpha value is -2.30. The second-order valence-electron chi connectivity index (χ2n) is 3.96. The van der Waals surface area contributed by atoms with Crippen molar-refractivity contribution in [3.8, 4) is 11.5 Å². The third-order valence-electron chi connectivity index (χ3n) is 2.67. The number of oxime groups is 1. The Morgan fingerprint density at radius 3 is 2.74 bits per heavy atom. The van der Waals surface area contributed by atoms with Gasteiger partial charge in [0, 0.05) is 0 Å². The Labute approximate surface area is 111 Å². The average Bonchev–Trinajstić information content (AvgIpc) is 2.71. The second kappa shape index (κ2) is 5.56. The van der Waals surface area contributed by atoms with Crippen LogP contribution in [0.25, 0.3) is 6.08 Å². The number of carbonyl (C=O) groups excluding carboxylic acids is 1. The number of benzene rings is 1. The van der Waals surface area contributed by atoms with E-state index in [2.05, 4.69) is 9.99 Å². The zero-order valence-corrected chi connectivity index (χ0v) is 11.1. The number of ether oxygens (including phenoxy) is 2. The van der Waals surface area contributed by atoms with Crippen molar-refractivity contribution in [1.82, 2.24) is 0 Å². The zero-order valence-electron chi connectivity index (χ0n) is 11.1. The molecule has 0 aromatic heterocycles. The highest BCUT2D eigenvalue weighted by molar-refractivity contribution is 6.24. The van der Waals surface area contributed by atoms with E-state index in [1.807, 2.05) is 19.1 Å². The van der Waals surface area contributed by atoms with Gasteiger partial charge >= 0.3 is 5.97 Å². The van der Waals surface area contributed by atoms with E-state index >= 15 is 0 Å². The van der Waals surface area contributed by atoms with Crippen LogP contribution >= 0.6 is 0 Å². The highest BCUT2D eigenvalue weighted by Gasteiger charge is 2.21. The molecule has 0 atom stereocenters. The largest absolute Gasteiger partial charge is 0.493 e. The minimum absolute atomic E-state index is 0.439. The first-order chi connectivity index (χ1) is 9.15. The fourth-order valence-electron chi connectivity index (χ4n) is 1.74. The molecule has 2 rings (SSSR count). The maximum absolute atomic E-state index is 11.5. The molecule has 0 amide bonds. The molecular weight excluding hydrogens is 246 g/mol. The summed E-state index contributed by atoms with van der Waals surface area (Å²) in [5.41, 5.74) is 1.85. The van der Waals surface area contributed by atoms with E-state index in [0.29, 0.717) is 29.4 Å². The van der Waals surface area contributed by atoms with Crippen LogP contribution in [0.1, 0.15) is 19.4 Å². The van der Waals surface area contributed by atoms with Crippen LogP contribution in [0.4, 0.5) is 0 Å². The van der Waals surface area contributed by atoms with Crippen molar-refractivity contribution < 1.29 is 19.1 Å². The van der Waals surface area contributed by atoms with Gasteiger partial charge in [-0.25, -0.2) is 4.79 Å². The third kappa shape index (κ3) is 2.76. The molecule has 1 heterocycles. The molecule has 1 aliphatic rings. The molecular formula is C14H15NO4. The minimum atomic E-state index is -0.439. The van der Waals surface area contributed by atoms with Crippen LogP contribution < -0.4 is 9.47 Å². The van der Waals surface area contributed by atoms with Crippen LogP contribution in [-0.4, -0.2) is 25.4 Å². The predicted molar refractivity (Wildman–Crippen MR) is 71.3 cm³/mol. The fourth-order valence-corrected chi connectivity index (χ4v) is 1.74. The molecule has 1 aliphatic heterocycles. The third-order valence-corrected chi connectivity index (χ3v) is 2.67. The number of hydrogen-bond donors (Lipinski definition) is 0. The summed E-state index contributed by atoms with van der Waals surface area (Å²) in [6.07, 6.45) is 1.72. The standard InChI is InChI=1S/C14H15NO4/c1-4-18-13-8-10(5-6-12(13)17-3)7-11-9(2)15-19-14(11)16/h5-8H,4H2,1-3H3/b11-7-. The summed E-state index contributed by atoms with van der Waals surface area (Å²) in [4.78, 5) is 16.1. The van der Waals surface area contributed by atoms with Gasteiger partial charge in [-0.2, -0.15) is 0 Å². The van der Waals surface area contributed by atoms with Crippen LogP contribution in [0.2, 0.25) is 0 Å². The van der Waals surface area contributed by atoms with E-state index < -0.39 is 5.97 Å². The van der Waals surface area contributed by atoms with Crippen molar-refractivity contribution >= 4 is 17.8 Å². The van der Waals surface area contributed by atoms with Gasteiger partial charge in [0.25, 0.3) is 0 Å². The highest BCUT2D eigenvalue weighted by Crippen LogP contribution is 2.29. The molecule has 1 aromatic carbocycles. The summed E-state index contributed by atoms with van der Waals surface area (Å²) in [6.45, 7) is 4.17. The van der Waals surface area contributed by atoms with Crippen LogP contribution in [0.5, 0.6) is 11.5 Å². The van der Waals surface area contributed by atoms with Gasteiger partial charge in [0.1, 0.15) is 0 Å². The second-order valence-corrected chi connectivity index (χ2v) is 3.96. The molecule has 0 unspecified atom stereocenters. The lowest BCUT2D eigenvalue weighted by molar-refractivity contribution is -0.136. The van der Waals surface area contributed by atoms with Crippen molar-refractivity contribution in [2.75, 3.05) is 13.7 Å². The molecule has 5 heteroatoms. The van der Waals surface area contributed by atoms with Gasteiger partial charge in [-0.05, 0) is 37.6 Å². The summed E-state index contributed by atoms with van der Waals surface area (Å²) >= 11 is 0. The maximum atomic E-state index is 11.5. The van der Waals surface area contributed by atoms with Crippen molar-refractivity contribution in [3.05, 3.63) is 29.3 Å². The van der Waals surface area contributed by atoms with E-state index in [4.69, 9.17) is 9.47 Å². The summed E-state index contributed by atoms with van der Waals surface area (Å²) in [6, 6.07) is 5.45. The smallest absolute Gasteiger partial charge is 0.367 e. The van der Waals surface area contributed by atoms with Crippen LogP contribution in [-0.2, 0) is 9.63 Å². The topological polar surface area (TPSA) is 57.1 Å². The summed E-state index contributed by atoms with van der Waals surface area (Å²) in [5.74, 6) is 0.856. The molecule has 0 spiro atoms. The number of rotatable bonds is 4. The summed E-state index contributed by atoms with van der Waals surface area (Å²) in [5, 5.41) is 3.63. The average molecular weight is 261 g/mol. The molecule has 5 nitrogen and oxygen atoms in total. The molecule has 0 aliphatic carbocycles. The lowest BCUT2D eigenvalue weighted by Crippen LogP contribution is -2.02. The SMILES string of the molecule is CCOc1cc(/C=C2\C(=O)ON=C2C)ccc1OC. The Morgan fingerprint density at radius 2 is 2.16 bits per heavy atom. The van der Waals surface area contributed by atoms with E-state index in [9.17, 15) is 4.79 Å². The first kappa shape index (κ1) is 13.1. The lowest BCUT2D eigenvalue weighted by Gasteiger charge is -2.09. The Bertz CT molecular complexity index is 561. The van der Waals surface area contributed by atoms with Crippen molar-refractivity contribution in [2.24, 2.45) is 5.16 Å². The lowest BCUT2D eigenvalue weighted by atomic mass is 10.1. The van der Waals surface area contributed by atoms with Gasteiger partial charge in [0.15, 0.2) is 11.5 Å². The molecule has 0 fully saturated rings. The quantitative estimate of drug-likeness (QED) is 0.617. The zero-order chi connectivity index (χ0) is 13.8. The molecule has 0 bridgehead atoms.